The van der Waals surface area contributed by atoms with E-state index in [1.807, 2.05) is 17.9 Å². The highest BCUT2D eigenvalue weighted by Crippen LogP contribution is 2.14. The van der Waals surface area contributed by atoms with E-state index >= 15 is 0 Å². The summed E-state index contributed by atoms with van der Waals surface area (Å²) in [7, 11) is 0. The fourth-order valence-electron chi connectivity index (χ4n) is 3.82. The third-order valence-electron chi connectivity index (χ3n) is 5.34. The highest BCUT2D eigenvalue weighted by molar-refractivity contribution is 5.78. The number of nitrogens with zero attached hydrogens (tertiary/aromatic N) is 3. The Bertz CT molecular complexity index is 632. The van der Waals surface area contributed by atoms with Gasteiger partial charge in [0.2, 0.25) is 11.8 Å². The van der Waals surface area contributed by atoms with Gasteiger partial charge in [-0.3, -0.25) is 19.4 Å². The Morgan fingerprint density at radius 1 is 1.07 bits per heavy atom. The molecule has 0 radical (unpaired) electrons. The van der Waals surface area contributed by atoms with E-state index in [0.29, 0.717) is 39.2 Å². The number of ether oxygens (including phenoxy) is 1. The van der Waals surface area contributed by atoms with E-state index in [-0.39, 0.29) is 17.9 Å². The smallest absolute Gasteiger partial charge is 0.234 e. The van der Waals surface area contributed by atoms with Crippen LogP contribution < -0.4 is 5.32 Å². The zero-order valence-corrected chi connectivity index (χ0v) is 16.8. The number of hydrogen-bond acceptors (Lipinski definition) is 5. The van der Waals surface area contributed by atoms with Crippen LogP contribution in [0.5, 0.6) is 0 Å². The minimum absolute atomic E-state index is 0.0432. The van der Waals surface area contributed by atoms with E-state index in [0.717, 1.165) is 32.7 Å². The summed E-state index contributed by atoms with van der Waals surface area (Å²) >= 11 is 0. The van der Waals surface area contributed by atoms with Crippen LogP contribution in [0.3, 0.4) is 0 Å². The van der Waals surface area contributed by atoms with Crippen LogP contribution in [-0.4, -0.2) is 91.6 Å². The summed E-state index contributed by atoms with van der Waals surface area (Å²) in [5.74, 6) is 0.209. The monoisotopic (exact) mass is 388 g/mol. The third-order valence-corrected chi connectivity index (χ3v) is 5.34. The lowest BCUT2D eigenvalue weighted by Crippen LogP contribution is -2.52. The molecule has 2 aliphatic rings. The largest absolute Gasteiger partial charge is 0.375 e. The van der Waals surface area contributed by atoms with Crippen molar-refractivity contribution in [3.63, 3.8) is 0 Å². The number of carbonyl (C=O) groups excluding carboxylic acids is 2. The first-order chi connectivity index (χ1) is 13.6. The molecule has 0 unspecified atom stereocenters. The predicted octanol–water partition coefficient (Wildman–Crippen LogP) is 0.558. The molecule has 0 bridgehead atoms. The summed E-state index contributed by atoms with van der Waals surface area (Å²) in [6.45, 7) is 9.09. The molecule has 7 heteroatoms. The molecule has 7 nitrogen and oxygen atoms in total. The Morgan fingerprint density at radius 2 is 1.82 bits per heavy atom. The molecule has 0 aromatic heterocycles. The van der Waals surface area contributed by atoms with Gasteiger partial charge >= 0.3 is 0 Å². The molecule has 1 N–H and O–H groups in total. The van der Waals surface area contributed by atoms with E-state index in [2.05, 4.69) is 39.4 Å². The number of benzene rings is 1. The molecule has 0 saturated carbocycles. The lowest BCUT2D eigenvalue weighted by atomic mass is 10.1. The van der Waals surface area contributed by atoms with Crippen molar-refractivity contribution in [3.05, 3.63) is 35.9 Å². The predicted molar refractivity (Wildman–Crippen MR) is 108 cm³/mol. The summed E-state index contributed by atoms with van der Waals surface area (Å²) < 4.78 is 5.86. The minimum Gasteiger partial charge on any atom is -0.375 e. The number of hydrogen-bond donors (Lipinski definition) is 1. The number of carbonyl (C=O) groups is 2. The molecule has 1 aromatic carbocycles. The maximum absolute atomic E-state index is 12.7. The van der Waals surface area contributed by atoms with Gasteiger partial charge in [-0.2, -0.15) is 0 Å². The first-order valence-electron chi connectivity index (χ1n) is 10.3. The van der Waals surface area contributed by atoms with Crippen molar-refractivity contribution in [1.29, 1.82) is 0 Å². The maximum atomic E-state index is 12.7. The first-order valence-corrected chi connectivity index (χ1v) is 10.3. The molecule has 0 spiro atoms. The number of amides is 2. The second-order valence-electron chi connectivity index (χ2n) is 7.53. The lowest BCUT2D eigenvalue weighted by molar-refractivity contribution is -0.138. The van der Waals surface area contributed by atoms with Gasteiger partial charge in [-0.05, 0) is 12.5 Å². The van der Waals surface area contributed by atoms with E-state index in [4.69, 9.17) is 4.74 Å². The second kappa shape index (κ2) is 10.5. The van der Waals surface area contributed by atoms with Crippen molar-refractivity contribution in [2.45, 2.75) is 26.0 Å². The average molecular weight is 389 g/mol. The van der Waals surface area contributed by atoms with Crippen LogP contribution >= 0.6 is 0 Å². The fourth-order valence-corrected chi connectivity index (χ4v) is 3.82. The number of morpholine rings is 1. The molecule has 2 heterocycles. The fraction of sp³-hybridized carbons (Fsp3) is 0.619. The molecule has 2 amide bonds. The van der Waals surface area contributed by atoms with Crippen LogP contribution in [0.4, 0.5) is 0 Å². The third kappa shape index (κ3) is 6.29. The molecule has 3 rings (SSSR count). The minimum atomic E-state index is -0.0432. The van der Waals surface area contributed by atoms with E-state index in [1.165, 1.54) is 5.56 Å². The Morgan fingerprint density at radius 3 is 2.54 bits per heavy atom. The van der Waals surface area contributed by atoms with Crippen molar-refractivity contribution >= 4 is 11.8 Å². The Balaban J connectivity index is 1.40. The molecular formula is C21H32N4O3. The molecule has 154 valence electrons. The molecular weight excluding hydrogens is 356 g/mol. The molecule has 2 aliphatic heterocycles. The maximum Gasteiger partial charge on any atom is 0.234 e. The van der Waals surface area contributed by atoms with E-state index in [1.54, 1.807) is 0 Å². The number of nitrogens with one attached hydrogen (secondary N) is 1. The van der Waals surface area contributed by atoms with Crippen LogP contribution in [0.2, 0.25) is 0 Å². The summed E-state index contributed by atoms with van der Waals surface area (Å²) in [5, 5.41) is 2.82. The Kier molecular flexibility index (Phi) is 7.82. The number of likely N-dealkylation sites (N-methyl/N-ethyl adjacent to an activating group) is 1. The van der Waals surface area contributed by atoms with Gasteiger partial charge in [0.05, 0.1) is 25.7 Å². The van der Waals surface area contributed by atoms with E-state index < -0.39 is 0 Å². The zero-order valence-electron chi connectivity index (χ0n) is 16.8. The molecule has 1 aromatic rings. The van der Waals surface area contributed by atoms with Crippen LogP contribution in [0.25, 0.3) is 0 Å². The SMILES string of the molecule is CCNC(=O)CN1CCN(C(=O)C[C@H]2CN(Cc3ccccc3)CCO2)CC1. The number of piperazine rings is 1. The highest BCUT2D eigenvalue weighted by Gasteiger charge is 2.27. The average Bonchev–Trinajstić information content (AvgIpc) is 2.70. The summed E-state index contributed by atoms with van der Waals surface area (Å²) in [6, 6.07) is 10.4. The van der Waals surface area contributed by atoms with Crippen LogP contribution in [-0.2, 0) is 20.9 Å². The molecule has 2 saturated heterocycles. The summed E-state index contributed by atoms with van der Waals surface area (Å²) in [6.07, 6.45) is 0.389. The Hall–Kier alpha value is -1.96. The van der Waals surface area contributed by atoms with Crippen molar-refractivity contribution in [3.8, 4) is 0 Å². The van der Waals surface area contributed by atoms with Gasteiger partial charge in [-0.1, -0.05) is 30.3 Å². The molecule has 0 aliphatic carbocycles. The normalized spacial score (nSPS) is 21.5. The van der Waals surface area contributed by atoms with E-state index in [9.17, 15) is 9.59 Å². The highest BCUT2D eigenvalue weighted by atomic mass is 16.5. The van der Waals surface area contributed by atoms with Crippen molar-refractivity contribution < 1.29 is 14.3 Å². The van der Waals surface area contributed by atoms with Gasteiger partial charge < -0.3 is 15.0 Å². The Labute approximate surface area is 167 Å². The van der Waals surface area contributed by atoms with Crippen molar-refractivity contribution in [2.75, 3.05) is 59.0 Å². The van der Waals surface area contributed by atoms with Crippen LogP contribution in [0.15, 0.2) is 30.3 Å². The van der Waals surface area contributed by atoms with Gasteiger partial charge in [0.15, 0.2) is 0 Å². The van der Waals surface area contributed by atoms with Crippen LogP contribution in [0, 0.1) is 0 Å². The second-order valence-corrected chi connectivity index (χ2v) is 7.53. The standard InChI is InChI=1S/C21H32N4O3/c1-2-22-20(26)17-23-8-10-25(11-9-23)21(27)14-19-16-24(12-13-28-19)15-18-6-4-3-5-7-18/h3-7,19H,2,8-17H2,1H3,(H,22,26)/t19-/m0/s1. The van der Waals surface area contributed by atoms with Crippen molar-refractivity contribution in [1.82, 2.24) is 20.0 Å². The molecule has 2 fully saturated rings. The molecule has 1 atom stereocenters. The summed E-state index contributed by atoms with van der Waals surface area (Å²) in [5.41, 5.74) is 1.29. The van der Waals surface area contributed by atoms with Gasteiger partial charge in [0, 0.05) is 52.4 Å². The van der Waals surface area contributed by atoms with Crippen molar-refractivity contribution in [2.24, 2.45) is 0 Å². The molecule has 28 heavy (non-hydrogen) atoms. The quantitative estimate of drug-likeness (QED) is 0.739. The summed E-state index contributed by atoms with van der Waals surface area (Å²) in [4.78, 5) is 30.8. The topological polar surface area (TPSA) is 65.1 Å². The van der Waals surface area contributed by atoms with Gasteiger partial charge in [0.1, 0.15) is 0 Å². The van der Waals surface area contributed by atoms with Gasteiger partial charge in [0.25, 0.3) is 0 Å². The zero-order chi connectivity index (χ0) is 19.8. The number of rotatable bonds is 7. The first kappa shape index (κ1) is 20.8. The van der Waals surface area contributed by atoms with Gasteiger partial charge in [-0.25, -0.2) is 0 Å². The van der Waals surface area contributed by atoms with Crippen LogP contribution in [0.1, 0.15) is 18.9 Å². The van der Waals surface area contributed by atoms with Gasteiger partial charge in [-0.15, -0.1) is 0 Å². The lowest BCUT2D eigenvalue weighted by Gasteiger charge is -2.36.